The highest BCUT2D eigenvalue weighted by Gasteiger charge is 2.11. The van der Waals surface area contributed by atoms with Crippen LogP contribution in [0.25, 0.3) is 0 Å². The van der Waals surface area contributed by atoms with E-state index in [1.54, 1.807) is 0 Å². The van der Waals surface area contributed by atoms with Crippen LogP contribution in [0.4, 0.5) is 15.6 Å². The van der Waals surface area contributed by atoms with Gasteiger partial charge in [-0.2, -0.15) is 0 Å². The molecule has 1 heterocycles. The maximum absolute atomic E-state index is 11.8. The van der Waals surface area contributed by atoms with Crippen molar-refractivity contribution < 1.29 is 9.59 Å². The first-order valence-corrected chi connectivity index (χ1v) is 10.0. The fraction of sp³-hybridized carbons (Fsp3) is 0.412. The summed E-state index contributed by atoms with van der Waals surface area (Å²) in [5.74, 6) is 0.0675. The van der Waals surface area contributed by atoms with E-state index in [1.165, 1.54) is 34.2 Å². The molecule has 0 aliphatic heterocycles. The molecule has 0 spiro atoms. The van der Waals surface area contributed by atoms with Crippen molar-refractivity contribution in [1.29, 1.82) is 0 Å². The monoisotopic (exact) mass is 393 g/mol. The molecular weight excluding hydrogens is 370 g/mol. The molecule has 0 aliphatic rings. The van der Waals surface area contributed by atoms with Gasteiger partial charge in [-0.05, 0) is 43.0 Å². The Morgan fingerprint density at radius 2 is 1.96 bits per heavy atom. The number of rotatable bonds is 7. The first kappa shape index (κ1) is 20.2. The number of carbonyl (C=O) groups excluding carboxylic acids is 2. The Bertz CT molecular complexity index is 776. The van der Waals surface area contributed by atoms with Crippen LogP contribution >= 0.6 is 23.1 Å². The zero-order valence-corrected chi connectivity index (χ0v) is 16.9. The summed E-state index contributed by atoms with van der Waals surface area (Å²) in [6.07, 6.45) is 0. The number of benzene rings is 1. The predicted molar refractivity (Wildman–Crippen MR) is 106 cm³/mol. The van der Waals surface area contributed by atoms with Crippen molar-refractivity contribution in [3.05, 3.63) is 29.3 Å². The summed E-state index contributed by atoms with van der Waals surface area (Å²) >= 11 is 2.61. The minimum absolute atomic E-state index is 0.105. The standard InChI is InChI=1S/C17H23N5O2S2/c1-10(2)8-18-15(24)20-14(23)9-25-17-22-21-16(26-17)19-13-6-5-11(3)12(4)7-13/h5-7,10H,8-9H2,1-4H3,(H,19,21)(H2,18,20,23,24). The molecule has 2 rings (SSSR count). The number of carbonyl (C=O) groups is 2. The van der Waals surface area contributed by atoms with E-state index in [9.17, 15) is 9.59 Å². The van der Waals surface area contributed by atoms with E-state index in [1.807, 2.05) is 32.0 Å². The summed E-state index contributed by atoms with van der Waals surface area (Å²) in [4.78, 5) is 23.3. The minimum atomic E-state index is -0.473. The SMILES string of the molecule is Cc1ccc(Nc2nnc(SCC(=O)NC(=O)NCC(C)C)s2)cc1C. The van der Waals surface area contributed by atoms with Gasteiger partial charge in [0, 0.05) is 12.2 Å². The van der Waals surface area contributed by atoms with E-state index < -0.39 is 6.03 Å². The van der Waals surface area contributed by atoms with Gasteiger partial charge >= 0.3 is 6.03 Å². The van der Waals surface area contributed by atoms with Crippen molar-refractivity contribution >= 4 is 45.9 Å². The number of aromatic nitrogens is 2. The number of hydrogen-bond donors (Lipinski definition) is 3. The Balaban J connectivity index is 1.79. The number of nitrogens with zero attached hydrogens (tertiary/aromatic N) is 2. The zero-order chi connectivity index (χ0) is 19.1. The van der Waals surface area contributed by atoms with E-state index in [4.69, 9.17) is 0 Å². The number of imide groups is 1. The van der Waals surface area contributed by atoms with E-state index in [0.717, 1.165) is 5.69 Å². The fourth-order valence-electron chi connectivity index (χ4n) is 1.89. The topological polar surface area (TPSA) is 96.0 Å². The quantitative estimate of drug-likeness (QED) is 0.623. The lowest BCUT2D eigenvalue weighted by Gasteiger charge is -2.07. The van der Waals surface area contributed by atoms with Gasteiger partial charge in [-0.1, -0.05) is 43.0 Å². The van der Waals surface area contributed by atoms with Crippen LogP contribution in [0.2, 0.25) is 0 Å². The largest absolute Gasteiger partial charge is 0.338 e. The summed E-state index contributed by atoms with van der Waals surface area (Å²) in [5, 5.41) is 16.9. The van der Waals surface area contributed by atoms with Crippen molar-refractivity contribution in [3.8, 4) is 0 Å². The van der Waals surface area contributed by atoms with Crippen LogP contribution in [0.1, 0.15) is 25.0 Å². The highest BCUT2D eigenvalue weighted by molar-refractivity contribution is 8.01. The number of thioether (sulfide) groups is 1. The van der Waals surface area contributed by atoms with Gasteiger partial charge in [0.25, 0.3) is 0 Å². The molecule has 0 atom stereocenters. The second-order valence-corrected chi connectivity index (χ2v) is 8.44. The number of aryl methyl sites for hydroxylation is 2. The summed E-state index contributed by atoms with van der Waals surface area (Å²) in [7, 11) is 0. The summed E-state index contributed by atoms with van der Waals surface area (Å²) in [6, 6.07) is 5.61. The number of anilines is 2. The van der Waals surface area contributed by atoms with Gasteiger partial charge in [0.2, 0.25) is 11.0 Å². The van der Waals surface area contributed by atoms with Crippen molar-refractivity contribution in [2.75, 3.05) is 17.6 Å². The molecule has 140 valence electrons. The lowest BCUT2D eigenvalue weighted by atomic mass is 10.1. The summed E-state index contributed by atoms with van der Waals surface area (Å²) in [6.45, 7) is 8.61. The number of hydrogen-bond acceptors (Lipinski definition) is 7. The van der Waals surface area contributed by atoms with Crippen LogP contribution in [-0.2, 0) is 4.79 Å². The van der Waals surface area contributed by atoms with Gasteiger partial charge in [0.05, 0.1) is 5.75 Å². The van der Waals surface area contributed by atoms with Crippen molar-refractivity contribution in [3.63, 3.8) is 0 Å². The van der Waals surface area contributed by atoms with Gasteiger partial charge in [-0.25, -0.2) is 4.79 Å². The second kappa shape index (κ2) is 9.54. The van der Waals surface area contributed by atoms with Crippen molar-refractivity contribution in [2.24, 2.45) is 5.92 Å². The summed E-state index contributed by atoms with van der Waals surface area (Å²) < 4.78 is 0.661. The molecule has 0 aliphatic carbocycles. The number of amides is 3. The third-order valence-corrected chi connectivity index (χ3v) is 5.39. The van der Waals surface area contributed by atoms with Crippen LogP contribution < -0.4 is 16.0 Å². The highest BCUT2D eigenvalue weighted by Crippen LogP contribution is 2.28. The molecule has 0 saturated carbocycles. The Morgan fingerprint density at radius 3 is 2.65 bits per heavy atom. The molecule has 1 aromatic heterocycles. The normalized spacial score (nSPS) is 10.7. The lowest BCUT2D eigenvalue weighted by Crippen LogP contribution is -2.41. The van der Waals surface area contributed by atoms with Gasteiger partial charge < -0.3 is 10.6 Å². The molecule has 0 fully saturated rings. The second-order valence-electron chi connectivity index (χ2n) is 6.24. The third-order valence-electron chi connectivity index (χ3n) is 3.42. The van der Waals surface area contributed by atoms with Crippen LogP contribution in [0, 0.1) is 19.8 Å². The summed E-state index contributed by atoms with van der Waals surface area (Å²) in [5.41, 5.74) is 3.37. The maximum atomic E-state index is 11.8. The average molecular weight is 394 g/mol. The number of urea groups is 1. The highest BCUT2D eigenvalue weighted by atomic mass is 32.2. The van der Waals surface area contributed by atoms with E-state index in [2.05, 4.69) is 40.0 Å². The van der Waals surface area contributed by atoms with Crippen molar-refractivity contribution in [2.45, 2.75) is 32.0 Å². The Kier molecular flexibility index (Phi) is 7.40. The Hall–Kier alpha value is -2.13. The first-order chi connectivity index (χ1) is 12.3. The first-order valence-electron chi connectivity index (χ1n) is 8.21. The molecule has 3 N–H and O–H groups in total. The molecule has 0 unspecified atom stereocenters. The molecule has 9 heteroatoms. The van der Waals surface area contributed by atoms with Crippen LogP contribution in [0.5, 0.6) is 0 Å². The van der Waals surface area contributed by atoms with Gasteiger partial charge in [0.1, 0.15) is 0 Å². The van der Waals surface area contributed by atoms with E-state index in [0.29, 0.717) is 21.9 Å². The molecule has 1 aromatic carbocycles. The fourth-order valence-corrected chi connectivity index (χ4v) is 3.46. The van der Waals surface area contributed by atoms with Gasteiger partial charge in [-0.3, -0.25) is 10.1 Å². The molecule has 0 radical (unpaired) electrons. The molecule has 7 nitrogen and oxygen atoms in total. The Morgan fingerprint density at radius 1 is 1.19 bits per heavy atom. The van der Waals surface area contributed by atoms with Crippen LogP contribution in [-0.4, -0.2) is 34.4 Å². The van der Waals surface area contributed by atoms with Gasteiger partial charge in [0.15, 0.2) is 4.34 Å². The zero-order valence-electron chi connectivity index (χ0n) is 15.3. The molecule has 26 heavy (non-hydrogen) atoms. The molecule has 0 bridgehead atoms. The maximum Gasteiger partial charge on any atom is 0.321 e. The average Bonchev–Trinajstić information content (AvgIpc) is 3.02. The predicted octanol–water partition coefficient (Wildman–Crippen LogP) is 3.47. The van der Waals surface area contributed by atoms with Gasteiger partial charge in [-0.15, -0.1) is 10.2 Å². The molecule has 3 amide bonds. The van der Waals surface area contributed by atoms with Crippen LogP contribution in [0.15, 0.2) is 22.5 Å². The van der Waals surface area contributed by atoms with E-state index in [-0.39, 0.29) is 11.7 Å². The Labute approximate surface area is 161 Å². The van der Waals surface area contributed by atoms with E-state index >= 15 is 0 Å². The lowest BCUT2D eigenvalue weighted by molar-refractivity contribution is -0.117. The van der Waals surface area contributed by atoms with Crippen molar-refractivity contribution in [1.82, 2.24) is 20.8 Å². The van der Waals surface area contributed by atoms with Crippen LogP contribution in [0.3, 0.4) is 0 Å². The molecule has 2 aromatic rings. The number of nitrogens with one attached hydrogen (secondary N) is 3. The molecular formula is C17H23N5O2S2. The third kappa shape index (κ3) is 6.64. The molecule has 0 saturated heterocycles. The minimum Gasteiger partial charge on any atom is -0.338 e. The smallest absolute Gasteiger partial charge is 0.321 e.